The van der Waals surface area contributed by atoms with Crippen molar-refractivity contribution in [2.75, 3.05) is 37.7 Å². The number of likely N-dealkylation sites (N-methyl/N-ethyl adjacent to an activating group) is 1. The lowest BCUT2D eigenvalue weighted by molar-refractivity contribution is -0.142. The maximum absolute atomic E-state index is 11.5. The van der Waals surface area contributed by atoms with Crippen LogP contribution in [0.15, 0.2) is 5.38 Å². The van der Waals surface area contributed by atoms with E-state index in [9.17, 15) is 4.79 Å². The molecule has 2 heterocycles. The van der Waals surface area contributed by atoms with E-state index in [2.05, 4.69) is 28.6 Å². The normalized spacial score (nSPS) is 18.5. The molecule has 1 aromatic heterocycles. The molecule has 1 unspecified atom stereocenters. The molecule has 1 atom stereocenters. The Morgan fingerprint density at radius 1 is 1.48 bits per heavy atom. The van der Waals surface area contributed by atoms with Gasteiger partial charge in [-0.05, 0) is 26.4 Å². The van der Waals surface area contributed by atoms with Crippen molar-refractivity contribution < 1.29 is 9.53 Å². The zero-order valence-electron chi connectivity index (χ0n) is 13.2. The van der Waals surface area contributed by atoms with Gasteiger partial charge in [-0.15, -0.1) is 11.3 Å². The van der Waals surface area contributed by atoms with Crippen LogP contribution < -0.4 is 4.90 Å². The van der Waals surface area contributed by atoms with E-state index in [1.165, 1.54) is 6.42 Å². The van der Waals surface area contributed by atoms with Gasteiger partial charge < -0.3 is 9.64 Å². The number of aromatic nitrogens is 1. The summed E-state index contributed by atoms with van der Waals surface area (Å²) in [6.07, 6.45) is 1.46. The van der Waals surface area contributed by atoms with Crippen LogP contribution in [0, 0.1) is 0 Å². The Hall–Kier alpha value is -1.14. The highest BCUT2D eigenvalue weighted by atomic mass is 32.1. The van der Waals surface area contributed by atoms with Gasteiger partial charge in [0, 0.05) is 24.5 Å². The molecule has 0 N–H and O–H groups in total. The van der Waals surface area contributed by atoms with Gasteiger partial charge in [0.05, 0.1) is 18.7 Å². The first-order valence-electron chi connectivity index (χ1n) is 7.76. The molecule has 6 heteroatoms. The maximum Gasteiger partial charge on any atom is 0.311 e. The molecule has 0 spiro atoms. The average molecular weight is 311 g/mol. The van der Waals surface area contributed by atoms with Crippen molar-refractivity contribution in [1.29, 1.82) is 0 Å². The van der Waals surface area contributed by atoms with Gasteiger partial charge >= 0.3 is 5.97 Å². The molecule has 118 valence electrons. The van der Waals surface area contributed by atoms with Crippen LogP contribution in [0.2, 0.25) is 0 Å². The Balaban J connectivity index is 1.92. The van der Waals surface area contributed by atoms with E-state index < -0.39 is 0 Å². The molecule has 0 bridgehead atoms. The minimum atomic E-state index is -0.197. The number of anilines is 1. The molecule has 0 radical (unpaired) electrons. The number of carbonyl (C=O) groups is 1. The molecule has 21 heavy (non-hydrogen) atoms. The fourth-order valence-electron chi connectivity index (χ4n) is 2.84. The van der Waals surface area contributed by atoms with E-state index in [1.54, 1.807) is 11.3 Å². The first-order valence-corrected chi connectivity index (χ1v) is 8.64. The van der Waals surface area contributed by atoms with Crippen molar-refractivity contribution in [3.8, 4) is 0 Å². The topological polar surface area (TPSA) is 45.7 Å². The molecule has 1 aromatic rings. The monoisotopic (exact) mass is 311 g/mol. The number of nitrogens with zero attached hydrogens (tertiary/aromatic N) is 3. The molecular formula is C15H25N3O2S. The zero-order chi connectivity index (χ0) is 15.2. The molecule has 0 aliphatic carbocycles. The second kappa shape index (κ2) is 7.75. The summed E-state index contributed by atoms with van der Waals surface area (Å²) in [5, 5.41) is 3.00. The van der Waals surface area contributed by atoms with Crippen LogP contribution in [0.25, 0.3) is 0 Å². The summed E-state index contributed by atoms with van der Waals surface area (Å²) in [5.74, 6) is -0.197. The Kier molecular flexibility index (Phi) is 5.99. The number of hydrogen-bond acceptors (Lipinski definition) is 6. The summed E-state index contributed by atoms with van der Waals surface area (Å²) in [6.45, 7) is 11.0. The number of esters is 1. The van der Waals surface area contributed by atoms with Gasteiger partial charge in [-0.1, -0.05) is 13.8 Å². The van der Waals surface area contributed by atoms with Crippen molar-refractivity contribution >= 4 is 22.4 Å². The van der Waals surface area contributed by atoms with E-state index in [-0.39, 0.29) is 12.4 Å². The second-order valence-electron chi connectivity index (χ2n) is 5.21. The van der Waals surface area contributed by atoms with Crippen molar-refractivity contribution in [3.63, 3.8) is 0 Å². The van der Waals surface area contributed by atoms with Gasteiger partial charge in [-0.25, -0.2) is 4.98 Å². The first-order chi connectivity index (χ1) is 10.2. The maximum atomic E-state index is 11.5. The molecule has 0 amide bonds. The standard InChI is InChI=1S/C15H25N3O2S/c1-4-17(5-2)13-7-8-18(10-13)15-16-12(11-21-15)9-14(19)20-6-3/h11,13H,4-10H2,1-3H3. The molecule has 1 fully saturated rings. The minimum absolute atomic E-state index is 0.197. The third kappa shape index (κ3) is 4.17. The smallest absolute Gasteiger partial charge is 0.311 e. The minimum Gasteiger partial charge on any atom is -0.466 e. The summed E-state index contributed by atoms with van der Waals surface area (Å²) in [6, 6.07) is 0.623. The summed E-state index contributed by atoms with van der Waals surface area (Å²) in [4.78, 5) is 20.9. The van der Waals surface area contributed by atoms with Crippen LogP contribution in [0.5, 0.6) is 0 Å². The van der Waals surface area contributed by atoms with Gasteiger partial charge in [0.15, 0.2) is 5.13 Å². The van der Waals surface area contributed by atoms with Gasteiger partial charge in [0.25, 0.3) is 0 Å². The number of hydrogen-bond donors (Lipinski definition) is 0. The lowest BCUT2D eigenvalue weighted by atomic mass is 10.2. The number of thiazole rings is 1. The highest BCUT2D eigenvalue weighted by Gasteiger charge is 2.27. The van der Waals surface area contributed by atoms with Gasteiger partial charge in [0.1, 0.15) is 0 Å². The van der Waals surface area contributed by atoms with Crippen molar-refractivity contribution in [1.82, 2.24) is 9.88 Å². The second-order valence-corrected chi connectivity index (χ2v) is 6.05. The van der Waals surface area contributed by atoms with E-state index in [4.69, 9.17) is 4.74 Å². The summed E-state index contributed by atoms with van der Waals surface area (Å²) < 4.78 is 4.96. The quantitative estimate of drug-likeness (QED) is 0.722. The van der Waals surface area contributed by atoms with Crippen molar-refractivity contribution in [2.24, 2.45) is 0 Å². The van der Waals surface area contributed by atoms with E-state index in [0.29, 0.717) is 12.6 Å². The third-order valence-corrected chi connectivity index (χ3v) is 4.88. The molecular weight excluding hydrogens is 286 g/mol. The summed E-state index contributed by atoms with van der Waals surface area (Å²) in [7, 11) is 0. The molecule has 2 rings (SSSR count). The Labute approximate surface area is 130 Å². The van der Waals surface area contributed by atoms with Crippen LogP contribution in [-0.4, -0.2) is 54.7 Å². The highest BCUT2D eigenvalue weighted by Crippen LogP contribution is 2.26. The largest absolute Gasteiger partial charge is 0.466 e. The first kappa shape index (κ1) is 16.2. The molecule has 5 nitrogen and oxygen atoms in total. The average Bonchev–Trinajstić information content (AvgIpc) is 3.09. The fraction of sp³-hybridized carbons (Fsp3) is 0.733. The summed E-state index contributed by atoms with van der Waals surface area (Å²) >= 11 is 1.62. The lowest BCUT2D eigenvalue weighted by Gasteiger charge is -2.25. The van der Waals surface area contributed by atoms with Crippen LogP contribution in [0.4, 0.5) is 5.13 Å². The van der Waals surface area contributed by atoms with Gasteiger partial charge in [-0.3, -0.25) is 9.69 Å². The number of ether oxygens (including phenoxy) is 1. The molecule has 1 aliphatic heterocycles. The SMILES string of the molecule is CCOC(=O)Cc1csc(N2CCC(N(CC)CC)C2)n1. The predicted octanol–water partition coefficient (Wildman–Crippen LogP) is 2.17. The molecule has 1 saturated heterocycles. The van der Waals surface area contributed by atoms with E-state index >= 15 is 0 Å². The van der Waals surface area contributed by atoms with Crippen LogP contribution in [-0.2, 0) is 16.0 Å². The van der Waals surface area contributed by atoms with Crippen molar-refractivity contribution in [2.45, 2.75) is 39.7 Å². The van der Waals surface area contributed by atoms with Crippen LogP contribution in [0.3, 0.4) is 0 Å². The lowest BCUT2D eigenvalue weighted by Crippen LogP contribution is -2.37. The fourth-order valence-corrected chi connectivity index (χ4v) is 3.70. The number of carbonyl (C=O) groups excluding carboxylic acids is 1. The Bertz CT molecular complexity index is 460. The van der Waals surface area contributed by atoms with E-state index in [0.717, 1.165) is 37.0 Å². The molecule has 0 aromatic carbocycles. The predicted molar refractivity (Wildman–Crippen MR) is 86.0 cm³/mol. The third-order valence-electron chi connectivity index (χ3n) is 3.93. The van der Waals surface area contributed by atoms with Gasteiger partial charge in [0.2, 0.25) is 0 Å². The summed E-state index contributed by atoms with van der Waals surface area (Å²) in [5.41, 5.74) is 0.819. The van der Waals surface area contributed by atoms with Crippen molar-refractivity contribution in [3.05, 3.63) is 11.1 Å². The van der Waals surface area contributed by atoms with Gasteiger partial charge in [-0.2, -0.15) is 0 Å². The zero-order valence-corrected chi connectivity index (χ0v) is 14.0. The highest BCUT2D eigenvalue weighted by molar-refractivity contribution is 7.13. The molecule has 0 saturated carbocycles. The van der Waals surface area contributed by atoms with Crippen LogP contribution in [0.1, 0.15) is 32.9 Å². The van der Waals surface area contributed by atoms with Crippen LogP contribution >= 0.6 is 11.3 Å². The Morgan fingerprint density at radius 2 is 2.24 bits per heavy atom. The van der Waals surface area contributed by atoms with E-state index in [1.807, 2.05) is 12.3 Å². The Morgan fingerprint density at radius 3 is 2.90 bits per heavy atom. The number of rotatable bonds is 7. The molecule has 1 aliphatic rings.